The standard InChI is InChI=1S/C27H33FN4O2/c28-27-11-19-7-20(12-27)10-26(9-19,15-27)16-29-25-21-3-4-32(14-22(21)30-17-31-25)13-18-1-2-23-24(8-18)34-6-5-33-23/h1-2,8,17,19-20H,3-7,9-16H2,(H,29,30,31). The Hall–Kier alpha value is -2.41. The molecule has 2 unspecified atom stereocenters. The Balaban J connectivity index is 1.04. The maximum atomic E-state index is 15.4. The second-order valence-electron chi connectivity index (χ2n) is 11.6. The molecule has 180 valence electrons. The monoisotopic (exact) mass is 464 g/mol. The van der Waals surface area contributed by atoms with E-state index < -0.39 is 5.67 Å². The molecule has 2 atom stereocenters. The van der Waals surface area contributed by atoms with Gasteiger partial charge in [0.15, 0.2) is 11.5 Å². The zero-order chi connectivity index (χ0) is 22.8. The summed E-state index contributed by atoms with van der Waals surface area (Å²) in [4.78, 5) is 11.7. The Morgan fingerprint density at radius 2 is 1.88 bits per heavy atom. The van der Waals surface area contributed by atoms with Gasteiger partial charge in [0.05, 0.1) is 5.69 Å². The number of nitrogens with zero attached hydrogens (tertiary/aromatic N) is 3. The smallest absolute Gasteiger partial charge is 0.161 e. The van der Waals surface area contributed by atoms with Crippen LogP contribution in [0.15, 0.2) is 24.5 Å². The molecule has 4 saturated carbocycles. The molecule has 0 saturated heterocycles. The zero-order valence-electron chi connectivity index (χ0n) is 19.7. The van der Waals surface area contributed by atoms with Crippen molar-refractivity contribution in [2.24, 2.45) is 17.3 Å². The van der Waals surface area contributed by atoms with Gasteiger partial charge in [0.2, 0.25) is 0 Å². The third-order valence-electron chi connectivity index (χ3n) is 8.84. The minimum Gasteiger partial charge on any atom is -0.486 e. The Bertz CT molecular complexity index is 1090. The van der Waals surface area contributed by atoms with Crippen molar-refractivity contribution < 1.29 is 13.9 Å². The van der Waals surface area contributed by atoms with Gasteiger partial charge in [-0.3, -0.25) is 4.90 Å². The summed E-state index contributed by atoms with van der Waals surface area (Å²) in [6.45, 7) is 4.69. The van der Waals surface area contributed by atoms with Crippen LogP contribution in [0.3, 0.4) is 0 Å². The second-order valence-corrected chi connectivity index (χ2v) is 11.6. The predicted molar refractivity (Wildman–Crippen MR) is 127 cm³/mol. The number of rotatable bonds is 5. The van der Waals surface area contributed by atoms with Crippen LogP contribution in [0.2, 0.25) is 0 Å². The van der Waals surface area contributed by atoms with E-state index in [0.717, 1.165) is 74.9 Å². The molecule has 4 aliphatic carbocycles. The van der Waals surface area contributed by atoms with Crippen molar-refractivity contribution in [2.75, 3.05) is 31.6 Å². The minimum absolute atomic E-state index is 0.107. The highest BCUT2D eigenvalue weighted by atomic mass is 19.1. The maximum Gasteiger partial charge on any atom is 0.161 e. The molecule has 8 rings (SSSR count). The number of ether oxygens (including phenoxy) is 2. The predicted octanol–water partition coefficient (Wildman–Crippen LogP) is 4.53. The lowest BCUT2D eigenvalue weighted by atomic mass is 9.48. The number of fused-ring (bicyclic) bond motifs is 2. The molecule has 3 heterocycles. The molecule has 6 nitrogen and oxygen atoms in total. The first kappa shape index (κ1) is 20.9. The molecule has 2 aromatic rings. The Kier molecular flexibility index (Phi) is 4.80. The summed E-state index contributed by atoms with van der Waals surface area (Å²) in [5.41, 5.74) is 2.76. The summed E-state index contributed by atoms with van der Waals surface area (Å²) in [7, 11) is 0. The van der Waals surface area contributed by atoms with Gasteiger partial charge >= 0.3 is 0 Å². The minimum atomic E-state index is -0.911. The van der Waals surface area contributed by atoms with Crippen LogP contribution in [0, 0.1) is 17.3 Å². The molecule has 4 fully saturated rings. The van der Waals surface area contributed by atoms with Gasteiger partial charge in [-0.05, 0) is 79.9 Å². The molecular formula is C27H33FN4O2. The van der Waals surface area contributed by atoms with E-state index in [1.54, 1.807) is 6.33 Å². The molecule has 6 aliphatic rings. The van der Waals surface area contributed by atoms with Crippen molar-refractivity contribution in [3.8, 4) is 11.5 Å². The van der Waals surface area contributed by atoms with Crippen LogP contribution in [0.5, 0.6) is 11.5 Å². The van der Waals surface area contributed by atoms with E-state index in [4.69, 9.17) is 9.47 Å². The molecule has 4 bridgehead atoms. The number of alkyl halides is 1. The van der Waals surface area contributed by atoms with Crippen molar-refractivity contribution >= 4 is 5.82 Å². The Labute approximate surface area is 200 Å². The molecule has 0 spiro atoms. The van der Waals surface area contributed by atoms with E-state index >= 15 is 4.39 Å². The van der Waals surface area contributed by atoms with Crippen LogP contribution in [0.1, 0.15) is 55.3 Å². The zero-order valence-corrected chi connectivity index (χ0v) is 19.7. The highest BCUT2D eigenvalue weighted by Gasteiger charge is 2.58. The average Bonchev–Trinajstić information content (AvgIpc) is 2.81. The van der Waals surface area contributed by atoms with E-state index in [1.807, 2.05) is 6.07 Å². The molecular weight excluding hydrogens is 431 g/mol. The van der Waals surface area contributed by atoms with Crippen molar-refractivity contribution in [1.82, 2.24) is 14.9 Å². The first-order valence-electron chi connectivity index (χ1n) is 12.9. The number of hydrogen-bond acceptors (Lipinski definition) is 6. The number of hydrogen-bond donors (Lipinski definition) is 1. The van der Waals surface area contributed by atoms with Crippen LogP contribution < -0.4 is 14.8 Å². The van der Waals surface area contributed by atoms with Crippen molar-refractivity contribution in [3.05, 3.63) is 41.3 Å². The van der Waals surface area contributed by atoms with Gasteiger partial charge in [-0.25, -0.2) is 14.4 Å². The van der Waals surface area contributed by atoms with Gasteiger partial charge in [0.25, 0.3) is 0 Å². The lowest BCUT2D eigenvalue weighted by Crippen LogP contribution is -2.55. The highest BCUT2D eigenvalue weighted by molar-refractivity contribution is 5.48. The fraction of sp³-hybridized carbons (Fsp3) is 0.630. The van der Waals surface area contributed by atoms with Gasteiger partial charge in [-0.1, -0.05) is 6.07 Å². The summed E-state index contributed by atoms with van der Waals surface area (Å²) in [5.74, 6) is 3.81. The summed E-state index contributed by atoms with van der Waals surface area (Å²) >= 11 is 0. The number of benzene rings is 1. The van der Waals surface area contributed by atoms with E-state index in [2.05, 4.69) is 32.3 Å². The largest absolute Gasteiger partial charge is 0.486 e. The lowest BCUT2D eigenvalue weighted by Gasteiger charge is -2.59. The Morgan fingerprint density at radius 1 is 1.06 bits per heavy atom. The summed E-state index contributed by atoms with van der Waals surface area (Å²) in [6, 6.07) is 6.23. The van der Waals surface area contributed by atoms with Gasteiger partial charge in [-0.15, -0.1) is 0 Å². The van der Waals surface area contributed by atoms with Crippen molar-refractivity contribution in [3.63, 3.8) is 0 Å². The quantitative estimate of drug-likeness (QED) is 0.702. The molecule has 1 aromatic heterocycles. The molecule has 1 aromatic carbocycles. The van der Waals surface area contributed by atoms with Crippen molar-refractivity contribution in [1.29, 1.82) is 0 Å². The fourth-order valence-corrected chi connectivity index (χ4v) is 7.95. The maximum absolute atomic E-state index is 15.4. The van der Waals surface area contributed by atoms with Gasteiger partial charge in [0.1, 0.15) is 31.0 Å². The van der Waals surface area contributed by atoms with Crippen LogP contribution in [-0.4, -0.2) is 46.8 Å². The summed E-state index contributed by atoms with van der Waals surface area (Å²) < 4.78 is 26.8. The normalized spacial score (nSPS) is 33.6. The lowest BCUT2D eigenvalue weighted by molar-refractivity contribution is -0.117. The summed E-state index contributed by atoms with van der Waals surface area (Å²) in [6.07, 6.45) is 8.55. The molecule has 0 amide bonds. The number of nitrogens with one attached hydrogen (secondary N) is 1. The van der Waals surface area contributed by atoms with E-state index in [0.29, 0.717) is 25.0 Å². The van der Waals surface area contributed by atoms with Crippen LogP contribution >= 0.6 is 0 Å². The third kappa shape index (κ3) is 3.72. The molecule has 34 heavy (non-hydrogen) atoms. The number of halogens is 1. The molecule has 7 heteroatoms. The molecule has 2 aliphatic heterocycles. The van der Waals surface area contributed by atoms with Crippen LogP contribution in [0.4, 0.5) is 10.2 Å². The van der Waals surface area contributed by atoms with Crippen molar-refractivity contribution in [2.45, 2.75) is 63.7 Å². The molecule has 1 N–H and O–H groups in total. The van der Waals surface area contributed by atoms with E-state index in [-0.39, 0.29) is 5.41 Å². The van der Waals surface area contributed by atoms with Gasteiger partial charge < -0.3 is 14.8 Å². The first-order chi connectivity index (χ1) is 16.5. The third-order valence-corrected chi connectivity index (χ3v) is 8.84. The summed E-state index contributed by atoms with van der Waals surface area (Å²) in [5, 5.41) is 3.68. The average molecular weight is 465 g/mol. The second kappa shape index (κ2) is 7.80. The van der Waals surface area contributed by atoms with E-state index in [1.165, 1.54) is 30.4 Å². The number of anilines is 1. The first-order valence-corrected chi connectivity index (χ1v) is 12.9. The van der Waals surface area contributed by atoms with E-state index in [9.17, 15) is 0 Å². The van der Waals surface area contributed by atoms with Gasteiger partial charge in [-0.2, -0.15) is 0 Å². The topological polar surface area (TPSA) is 59.5 Å². The fourth-order valence-electron chi connectivity index (χ4n) is 7.95. The Morgan fingerprint density at radius 3 is 2.71 bits per heavy atom. The van der Waals surface area contributed by atoms with Gasteiger partial charge in [0, 0.05) is 31.7 Å². The highest BCUT2D eigenvalue weighted by Crippen LogP contribution is 2.62. The van der Waals surface area contributed by atoms with Crippen LogP contribution in [-0.2, 0) is 19.5 Å². The number of aromatic nitrogens is 2. The van der Waals surface area contributed by atoms with Crippen LogP contribution in [0.25, 0.3) is 0 Å². The molecule has 0 radical (unpaired) electrons. The SMILES string of the molecule is FC12CC3CC(C1)CC(CNc1ncnc4c1CCN(Cc1ccc5c(c1)OCCO5)C4)(C3)C2.